The van der Waals surface area contributed by atoms with Crippen molar-refractivity contribution in [1.82, 2.24) is 10.2 Å². The van der Waals surface area contributed by atoms with Crippen LogP contribution in [0.5, 0.6) is 0 Å². The molecular weight excluding hydrogens is 322 g/mol. The summed E-state index contributed by atoms with van der Waals surface area (Å²) in [4.78, 5) is 38.4. The van der Waals surface area contributed by atoms with Crippen molar-refractivity contribution in [3.63, 3.8) is 0 Å². The van der Waals surface area contributed by atoms with Crippen molar-refractivity contribution in [2.75, 3.05) is 6.54 Å². The standard InChI is InChI=1S/C18H29N3O4/c1-18(2,3)14(16(23)21-6-4-5-13(21)15(19)22)20-17(24)25-12-8-10-7-11(10)9-12/h10-14H,4-9H2,1-3H3,(H2,19,22)(H,20,24)/t10-,11+,12?,13?,14-/m1/s1. The second-order valence-corrected chi connectivity index (χ2v) is 8.79. The van der Waals surface area contributed by atoms with Crippen LogP contribution in [0.3, 0.4) is 0 Å². The van der Waals surface area contributed by atoms with Crippen LogP contribution in [0.1, 0.15) is 52.9 Å². The van der Waals surface area contributed by atoms with Gasteiger partial charge in [0.25, 0.3) is 0 Å². The summed E-state index contributed by atoms with van der Waals surface area (Å²) in [6, 6.07) is -1.34. The monoisotopic (exact) mass is 351 g/mol. The summed E-state index contributed by atoms with van der Waals surface area (Å²) in [5.41, 5.74) is 4.92. The lowest BCUT2D eigenvalue weighted by molar-refractivity contribution is -0.141. The minimum Gasteiger partial charge on any atom is -0.446 e. The molecule has 1 aliphatic heterocycles. The minimum absolute atomic E-state index is 0.0374. The van der Waals surface area contributed by atoms with Crippen molar-refractivity contribution in [3.8, 4) is 0 Å². The quantitative estimate of drug-likeness (QED) is 0.799. The molecule has 2 unspecified atom stereocenters. The Kier molecular flexibility index (Phi) is 4.68. The molecule has 0 bridgehead atoms. The number of fused-ring (bicyclic) bond motifs is 1. The largest absolute Gasteiger partial charge is 0.446 e. The highest BCUT2D eigenvalue weighted by Gasteiger charge is 2.48. The molecule has 0 spiro atoms. The fraction of sp³-hybridized carbons (Fsp3) is 0.833. The van der Waals surface area contributed by atoms with Crippen molar-refractivity contribution < 1.29 is 19.1 Å². The fourth-order valence-electron chi connectivity index (χ4n) is 4.20. The number of nitrogens with one attached hydrogen (secondary N) is 1. The van der Waals surface area contributed by atoms with Gasteiger partial charge in [0, 0.05) is 6.54 Å². The molecular formula is C18H29N3O4. The Labute approximate surface area is 148 Å². The summed E-state index contributed by atoms with van der Waals surface area (Å²) >= 11 is 0. The van der Waals surface area contributed by atoms with Crippen LogP contribution in [0.4, 0.5) is 4.79 Å². The first-order chi connectivity index (χ1) is 11.7. The number of carbonyl (C=O) groups is 3. The summed E-state index contributed by atoms with van der Waals surface area (Å²) in [5.74, 6) is 0.684. The average Bonchev–Trinajstić information content (AvgIpc) is 2.94. The van der Waals surface area contributed by atoms with Gasteiger partial charge in [-0.1, -0.05) is 20.8 Å². The van der Waals surface area contributed by atoms with Gasteiger partial charge in [-0.05, 0) is 49.4 Å². The van der Waals surface area contributed by atoms with E-state index in [0.717, 1.165) is 31.1 Å². The molecule has 25 heavy (non-hydrogen) atoms. The van der Waals surface area contributed by atoms with E-state index in [1.54, 1.807) is 0 Å². The number of hydrogen-bond donors (Lipinski definition) is 2. The SMILES string of the molecule is CC(C)(C)[C@H](NC(=O)OC1C[C@@H]2C[C@@H]2C1)C(=O)N1CCCC1C(N)=O. The lowest BCUT2D eigenvalue weighted by Crippen LogP contribution is -2.57. The van der Waals surface area contributed by atoms with Gasteiger partial charge in [0.2, 0.25) is 11.8 Å². The number of primary amides is 1. The summed E-state index contributed by atoms with van der Waals surface area (Å²) < 4.78 is 5.51. The van der Waals surface area contributed by atoms with Crippen molar-refractivity contribution in [1.29, 1.82) is 0 Å². The predicted molar refractivity (Wildman–Crippen MR) is 91.4 cm³/mol. The van der Waals surface area contributed by atoms with E-state index in [9.17, 15) is 14.4 Å². The van der Waals surface area contributed by atoms with E-state index in [1.807, 2.05) is 20.8 Å². The number of nitrogens with zero attached hydrogens (tertiary/aromatic N) is 1. The van der Waals surface area contributed by atoms with Crippen LogP contribution < -0.4 is 11.1 Å². The topological polar surface area (TPSA) is 102 Å². The zero-order valence-corrected chi connectivity index (χ0v) is 15.3. The lowest BCUT2D eigenvalue weighted by atomic mass is 9.85. The van der Waals surface area contributed by atoms with Gasteiger partial charge in [0.05, 0.1) is 0 Å². The van der Waals surface area contributed by atoms with Crippen LogP contribution >= 0.6 is 0 Å². The van der Waals surface area contributed by atoms with Crippen molar-refractivity contribution in [2.24, 2.45) is 23.0 Å². The van der Waals surface area contributed by atoms with Gasteiger partial charge in [-0.25, -0.2) is 4.79 Å². The maximum atomic E-state index is 13.0. The Hall–Kier alpha value is -1.79. The molecule has 0 radical (unpaired) electrons. The number of rotatable bonds is 4. The Balaban J connectivity index is 1.63. The normalized spacial score (nSPS) is 32.0. The third-order valence-electron chi connectivity index (χ3n) is 5.71. The number of hydrogen-bond acceptors (Lipinski definition) is 4. The van der Waals surface area contributed by atoms with Crippen LogP contribution in [-0.2, 0) is 14.3 Å². The highest BCUT2D eigenvalue weighted by Crippen LogP contribution is 2.52. The molecule has 0 aromatic carbocycles. The van der Waals surface area contributed by atoms with Crippen molar-refractivity contribution in [3.05, 3.63) is 0 Å². The van der Waals surface area contributed by atoms with Gasteiger partial charge in [-0.3, -0.25) is 9.59 Å². The summed E-state index contributed by atoms with van der Waals surface area (Å²) in [5, 5.41) is 2.75. The first kappa shape index (κ1) is 18.0. The number of amides is 3. The molecule has 3 amide bonds. The molecule has 2 aliphatic carbocycles. The number of carbonyl (C=O) groups excluding carboxylic acids is 3. The molecule has 2 saturated carbocycles. The van der Waals surface area contributed by atoms with Crippen molar-refractivity contribution in [2.45, 2.75) is 71.1 Å². The smallest absolute Gasteiger partial charge is 0.408 e. The molecule has 1 saturated heterocycles. The van der Waals surface area contributed by atoms with Crippen LogP contribution in [0.25, 0.3) is 0 Å². The molecule has 7 heteroatoms. The molecule has 140 valence electrons. The molecule has 3 aliphatic rings. The Bertz CT molecular complexity index is 561. The Morgan fingerprint density at radius 2 is 1.80 bits per heavy atom. The zero-order chi connectivity index (χ0) is 18.4. The van der Waals surface area contributed by atoms with Crippen LogP contribution in [0.2, 0.25) is 0 Å². The molecule has 0 aromatic heterocycles. The van der Waals surface area contributed by atoms with E-state index in [4.69, 9.17) is 10.5 Å². The van der Waals surface area contributed by atoms with Crippen LogP contribution in [0.15, 0.2) is 0 Å². The van der Waals surface area contributed by atoms with Crippen LogP contribution in [0, 0.1) is 17.3 Å². The number of likely N-dealkylation sites (tertiary alicyclic amines) is 1. The highest BCUT2D eigenvalue weighted by molar-refractivity contribution is 5.91. The third-order valence-corrected chi connectivity index (χ3v) is 5.71. The summed E-state index contributed by atoms with van der Waals surface area (Å²) in [6.45, 7) is 6.14. The third kappa shape index (κ3) is 3.90. The first-order valence-corrected chi connectivity index (χ1v) is 9.23. The van der Waals surface area contributed by atoms with Gasteiger partial charge < -0.3 is 20.7 Å². The van der Waals surface area contributed by atoms with E-state index >= 15 is 0 Å². The number of ether oxygens (including phenoxy) is 1. The minimum atomic E-state index is -0.754. The Morgan fingerprint density at radius 3 is 2.36 bits per heavy atom. The second-order valence-electron chi connectivity index (χ2n) is 8.79. The Morgan fingerprint density at radius 1 is 1.16 bits per heavy atom. The maximum absolute atomic E-state index is 13.0. The van der Waals surface area contributed by atoms with E-state index in [-0.39, 0.29) is 12.0 Å². The van der Waals surface area contributed by atoms with Crippen molar-refractivity contribution >= 4 is 17.9 Å². The van der Waals surface area contributed by atoms with Gasteiger partial charge >= 0.3 is 6.09 Å². The van der Waals surface area contributed by atoms with Crippen LogP contribution in [-0.4, -0.2) is 47.5 Å². The first-order valence-electron chi connectivity index (χ1n) is 9.23. The molecule has 7 nitrogen and oxygen atoms in total. The second kappa shape index (κ2) is 6.50. The van der Waals surface area contributed by atoms with Gasteiger partial charge in [-0.2, -0.15) is 0 Å². The van der Waals surface area contributed by atoms with E-state index < -0.39 is 29.5 Å². The summed E-state index contributed by atoms with van der Waals surface area (Å²) in [6.07, 6.45) is 3.86. The average molecular weight is 351 g/mol. The number of alkyl carbamates (subject to hydrolysis) is 1. The molecule has 3 N–H and O–H groups in total. The van der Waals surface area contributed by atoms with Gasteiger partial charge in [0.15, 0.2) is 0 Å². The van der Waals surface area contributed by atoms with Gasteiger partial charge in [0.1, 0.15) is 18.2 Å². The maximum Gasteiger partial charge on any atom is 0.408 e. The predicted octanol–water partition coefficient (Wildman–Crippen LogP) is 1.40. The van der Waals surface area contributed by atoms with Gasteiger partial charge in [-0.15, -0.1) is 0 Å². The molecule has 5 atom stereocenters. The summed E-state index contributed by atoms with van der Waals surface area (Å²) in [7, 11) is 0. The zero-order valence-electron chi connectivity index (χ0n) is 15.3. The van der Waals surface area contributed by atoms with E-state index in [2.05, 4.69) is 5.32 Å². The molecule has 1 heterocycles. The highest BCUT2D eigenvalue weighted by atomic mass is 16.6. The lowest BCUT2D eigenvalue weighted by Gasteiger charge is -2.35. The fourth-order valence-corrected chi connectivity index (χ4v) is 4.20. The molecule has 3 rings (SSSR count). The van der Waals surface area contributed by atoms with E-state index in [0.29, 0.717) is 13.0 Å². The van der Waals surface area contributed by atoms with E-state index in [1.165, 1.54) is 11.3 Å². The molecule has 0 aromatic rings. The molecule has 3 fully saturated rings. The number of nitrogens with two attached hydrogens (primary N) is 1.